The number of benzene rings is 1. The predicted molar refractivity (Wildman–Crippen MR) is 86.8 cm³/mol. The second kappa shape index (κ2) is 8.22. The number of ketones is 1. The maximum absolute atomic E-state index is 12.1. The van der Waals surface area contributed by atoms with Gasteiger partial charge in [0.15, 0.2) is 5.78 Å². The number of hydrogen-bond acceptors (Lipinski definition) is 4. The molecular formula is C17H22N4O2. The van der Waals surface area contributed by atoms with Crippen LogP contribution in [0.25, 0.3) is 0 Å². The molecule has 2 aromatic rings. The number of hydrogen-bond donors (Lipinski definition) is 1. The molecule has 1 N–H and O–H groups in total. The fraction of sp³-hybridized carbons (Fsp3) is 0.412. The Labute approximate surface area is 135 Å². The summed E-state index contributed by atoms with van der Waals surface area (Å²) in [6.07, 6.45) is 3.61. The molecule has 122 valence electrons. The minimum absolute atomic E-state index is 0.0180. The lowest BCUT2D eigenvalue weighted by atomic mass is 10.0. The average molecular weight is 314 g/mol. The molecule has 0 bridgehead atoms. The predicted octanol–water partition coefficient (Wildman–Crippen LogP) is 2.08. The normalized spacial score (nSPS) is 12.1. The van der Waals surface area contributed by atoms with Crippen LogP contribution in [0.1, 0.15) is 37.0 Å². The molecule has 0 radical (unpaired) electrons. The van der Waals surface area contributed by atoms with E-state index in [1.54, 1.807) is 29.3 Å². The van der Waals surface area contributed by atoms with E-state index in [4.69, 9.17) is 0 Å². The fourth-order valence-corrected chi connectivity index (χ4v) is 2.21. The molecule has 6 heteroatoms. The molecule has 2 rings (SSSR count). The first-order valence-corrected chi connectivity index (χ1v) is 7.78. The third-order valence-corrected chi connectivity index (χ3v) is 3.65. The number of amides is 1. The summed E-state index contributed by atoms with van der Waals surface area (Å²) < 4.78 is 0. The van der Waals surface area contributed by atoms with Crippen LogP contribution >= 0.6 is 0 Å². The van der Waals surface area contributed by atoms with Crippen molar-refractivity contribution in [2.75, 3.05) is 0 Å². The van der Waals surface area contributed by atoms with E-state index in [0.29, 0.717) is 12.1 Å². The highest BCUT2D eigenvalue weighted by molar-refractivity contribution is 5.97. The Morgan fingerprint density at radius 2 is 1.74 bits per heavy atom. The third kappa shape index (κ3) is 5.32. The summed E-state index contributed by atoms with van der Waals surface area (Å²) in [5.74, 6) is 0.102. The van der Waals surface area contributed by atoms with Crippen molar-refractivity contribution in [1.82, 2.24) is 20.3 Å². The number of rotatable bonds is 8. The van der Waals surface area contributed by atoms with E-state index in [1.165, 1.54) is 0 Å². The second-order valence-corrected chi connectivity index (χ2v) is 5.79. The first-order valence-electron chi connectivity index (χ1n) is 7.78. The second-order valence-electron chi connectivity index (χ2n) is 5.79. The molecule has 23 heavy (non-hydrogen) atoms. The summed E-state index contributed by atoms with van der Waals surface area (Å²) in [7, 11) is 0. The number of aromatic nitrogens is 3. The smallest absolute Gasteiger partial charge is 0.220 e. The molecule has 0 aliphatic rings. The molecule has 1 aromatic heterocycles. The molecule has 0 aliphatic heterocycles. The van der Waals surface area contributed by atoms with Crippen molar-refractivity contribution in [2.24, 2.45) is 5.92 Å². The van der Waals surface area contributed by atoms with Gasteiger partial charge in [0.1, 0.15) is 0 Å². The van der Waals surface area contributed by atoms with Crippen molar-refractivity contribution in [1.29, 1.82) is 0 Å². The van der Waals surface area contributed by atoms with Crippen LogP contribution in [0.3, 0.4) is 0 Å². The lowest BCUT2D eigenvalue weighted by molar-refractivity contribution is -0.122. The van der Waals surface area contributed by atoms with Crippen molar-refractivity contribution < 1.29 is 9.59 Å². The van der Waals surface area contributed by atoms with Gasteiger partial charge < -0.3 is 5.32 Å². The average Bonchev–Trinajstić information content (AvgIpc) is 3.06. The Kier molecular flexibility index (Phi) is 6.02. The Bertz CT molecular complexity index is 623. The van der Waals surface area contributed by atoms with Crippen molar-refractivity contribution in [2.45, 2.75) is 39.3 Å². The first-order chi connectivity index (χ1) is 11.1. The van der Waals surface area contributed by atoms with Crippen molar-refractivity contribution in [3.05, 3.63) is 48.3 Å². The van der Waals surface area contributed by atoms with Gasteiger partial charge in [-0.1, -0.05) is 44.2 Å². The Hall–Kier alpha value is -2.50. The van der Waals surface area contributed by atoms with Crippen LogP contribution in [0.15, 0.2) is 42.7 Å². The standard InChI is InChI=1S/C17H22N4O2/c1-13(2)15(12-21-18-10-11-19-21)20-17(23)9-8-16(22)14-6-4-3-5-7-14/h3-7,10-11,13,15H,8-9,12H2,1-2H3,(H,20,23). The SMILES string of the molecule is CC(C)C(Cn1nccn1)NC(=O)CCC(=O)c1ccccc1. The van der Waals surface area contributed by atoms with Gasteiger partial charge in [-0.15, -0.1) is 0 Å². The Morgan fingerprint density at radius 3 is 2.35 bits per heavy atom. The van der Waals surface area contributed by atoms with Gasteiger partial charge in [0.2, 0.25) is 5.91 Å². The molecule has 0 saturated heterocycles. The molecule has 0 saturated carbocycles. The zero-order valence-corrected chi connectivity index (χ0v) is 13.5. The van der Waals surface area contributed by atoms with Gasteiger partial charge in [-0.05, 0) is 5.92 Å². The molecule has 1 atom stereocenters. The summed E-state index contributed by atoms with van der Waals surface area (Å²) in [6.45, 7) is 4.58. The van der Waals surface area contributed by atoms with Crippen LogP contribution in [0, 0.1) is 5.92 Å². The quantitative estimate of drug-likeness (QED) is 0.757. The molecule has 1 aromatic carbocycles. The zero-order valence-electron chi connectivity index (χ0n) is 13.5. The summed E-state index contributed by atoms with van der Waals surface area (Å²) in [5.41, 5.74) is 0.640. The maximum atomic E-state index is 12.1. The van der Waals surface area contributed by atoms with Crippen molar-refractivity contribution in [3.8, 4) is 0 Å². The van der Waals surface area contributed by atoms with Crippen molar-refractivity contribution >= 4 is 11.7 Å². The summed E-state index contributed by atoms with van der Waals surface area (Å²) >= 11 is 0. The van der Waals surface area contributed by atoms with Crippen LogP contribution in [0.4, 0.5) is 0 Å². The molecule has 1 amide bonds. The van der Waals surface area contributed by atoms with Gasteiger partial charge in [0, 0.05) is 18.4 Å². The van der Waals surface area contributed by atoms with E-state index < -0.39 is 0 Å². The van der Waals surface area contributed by atoms with Gasteiger partial charge in [0.25, 0.3) is 0 Å². The van der Waals surface area contributed by atoms with Crippen LogP contribution in [-0.4, -0.2) is 32.7 Å². The van der Waals surface area contributed by atoms with E-state index in [2.05, 4.69) is 15.5 Å². The van der Waals surface area contributed by atoms with E-state index in [1.807, 2.05) is 32.0 Å². The molecule has 0 aliphatic carbocycles. The number of nitrogens with zero attached hydrogens (tertiary/aromatic N) is 3. The highest BCUT2D eigenvalue weighted by Crippen LogP contribution is 2.07. The van der Waals surface area contributed by atoms with Gasteiger partial charge in [-0.25, -0.2) is 0 Å². The lowest BCUT2D eigenvalue weighted by Gasteiger charge is -2.21. The maximum Gasteiger partial charge on any atom is 0.220 e. The third-order valence-electron chi connectivity index (χ3n) is 3.65. The molecule has 0 spiro atoms. The van der Waals surface area contributed by atoms with Crippen LogP contribution in [0.5, 0.6) is 0 Å². The van der Waals surface area contributed by atoms with Gasteiger partial charge in [0.05, 0.1) is 25.0 Å². The van der Waals surface area contributed by atoms with E-state index in [9.17, 15) is 9.59 Å². The minimum atomic E-state index is -0.125. The van der Waals surface area contributed by atoms with Gasteiger partial charge in [-0.2, -0.15) is 15.0 Å². The van der Waals surface area contributed by atoms with Gasteiger partial charge in [-0.3, -0.25) is 9.59 Å². The molecule has 1 heterocycles. The number of nitrogens with one attached hydrogen (secondary N) is 1. The summed E-state index contributed by atoms with van der Waals surface area (Å²) in [6, 6.07) is 8.96. The first kappa shape index (κ1) is 16.9. The van der Waals surface area contributed by atoms with Crippen LogP contribution in [-0.2, 0) is 11.3 Å². The number of Topliss-reactive ketones (excluding diaryl/α,β-unsaturated/α-hetero) is 1. The topological polar surface area (TPSA) is 76.9 Å². The highest BCUT2D eigenvalue weighted by Gasteiger charge is 2.18. The van der Waals surface area contributed by atoms with Gasteiger partial charge >= 0.3 is 0 Å². The molecule has 1 unspecified atom stereocenters. The monoisotopic (exact) mass is 314 g/mol. The fourth-order valence-electron chi connectivity index (χ4n) is 2.21. The minimum Gasteiger partial charge on any atom is -0.351 e. The highest BCUT2D eigenvalue weighted by atomic mass is 16.2. The van der Waals surface area contributed by atoms with Crippen LogP contribution in [0.2, 0.25) is 0 Å². The Balaban J connectivity index is 1.83. The van der Waals surface area contributed by atoms with Crippen LogP contribution < -0.4 is 5.32 Å². The number of carbonyl (C=O) groups excluding carboxylic acids is 2. The summed E-state index contributed by atoms with van der Waals surface area (Å²) in [4.78, 5) is 25.7. The van der Waals surface area contributed by atoms with E-state index >= 15 is 0 Å². The van der Waals surface area contributed by atoms with E-state index in [0.717, 1.165) is 0 Å². The summed E-state index contributed by atoms with van der Waals surface area (Å²) in [5, 5.41) is 11.1. The number of carbonyl (C=O) groups is 2. The van der Waals surface area contributed by atoms with E-state index in [-0.39, 0.29) is 36.5 Å². The molecule has 0 fully saturated rings. The van der Waals surface area contributed by atoms with Crippen molar-refractivity contribution in [3.63, 3.8) is 0 Å². The molecule has 6 nitrogen and oxygen atoms in total. The molecular weight excluding hydrogens is 292 g/mol. The zero-order chi connectivity index (χ0) is 16.7. The lowest BCUT2D eigenvalue weighted by Crippen LogP contribution is -2.42. The Morgan fingerprint density at radius 1 is 1.09 bits per heavy atom. The largest absolute Gasteiger partial charge is 0.351 e.